The highest BCUT2D eigenvalue weighted by Gasteiger charge is 2.19. The molecule has 2 rings (SSSR count). The summed E-state index contributed by atoms with van der Waals surface area (Å²) in [6.45, 7) is 5.90. The van der Waals surface area contributed by atoms with Crippen LogP contribution in [-0.4, -0.2) is 5.11 Å². The molecule has 1 aliphatic heterocycles. The molecule has 0 fully saturated rings. The van der Waals surface area contributed by atoms with Crippen LogP contribution < -0.4 is 4.74 Å². The lowest BCUT2D eigenvalue weighted by atomic mass is 9.96. The Morgan fingerprint density at radius 3 is 3.08 bits per heavy atom. The van der Waals surface area contributed by atoms with Crippen LogP contribution in [-0.2, 0) is 6.42 Å². The Morgan fingerprint density at radius 2 is 2.31 bits per heavy atom. The van der Waals surface area contributed by atoms with Gasteiger partial charge in [0.1, 0.15) is 17.3 Å². The van der Waals surface area contributed by atoms with Crippen LogP contribution in [0.1, 0.15) is 12.5 Å². The van der Waals surface area contributed by atoms with E-state index in [9.17, 15) is 5.11 Å². The second kappa shape index (κ2) is 2.80. The Balaban J connectivity index is 2.42. The zero-order chi connectivity index (χ0) is 9.42. The third kappa shape index (κ3) is 1.39. The van der Waals surface area contributed by atoms with Crippen molar-refractivity contribution in [2.45, 2.75) is 13.3 Å². The second-order valence-electron chi connectivity index (χ2n) is 3.47. The van der Waals surface area contributed by atoms with Gasteiger partial charge in [-0.05, 0) is 18.1 Å². The molecule has 1 heterocycles. The molecule has 0 spiro atoms. The van der Waals surface area contributed by atoms with Crippen molar-refractivity contribution in [2.24, 2.45) is 5.92 Å². The number of aromatic hydroxyl groups is 1. The molecule has 0 aliphatic carbocycles. The molecule has 0 radical (unpaired) electrons. The van der Waals surface area contributed by atoms with Crippen LogP contribution in [0.5, 0.6) is 11.5 Å². The number of hydrogen-bond donors (Lipinski definition) is 1. The minimum atomic E-state index is 0.237. The van der Waals surface area contributed by atoms with Crippen LogP contribution in [0.2, 0.25) is 0 Å². The lowest BCUT2D eigenvalue weighted by Crippen LogP contribution is -2.14. The predicted molar refractivity (Wildman–Crippen MR) is 50.7 cm³/mol. The molecular formula is C11H12O2. The molecule has 0 bridgehead atoms. The molecule has 1 atom stereocenters. The fourth-order valence-electron chi connectivity index (χ4n) is 1.49. The fourth-order valence-corrected chi connectivity index (χ4v) is 1.49. The van der Waals surface area contributed by atoms with Crippen LogP contribution in [0, 0.1) is 5.92 Å². The lowest BCUT2D eigenvalue weighted by Gasteiger charge is -2.24. The largest absolute Gasteiger partial charge is 0.508 e. The van der Waals surface area contributed by atoms with Gasteiger partial charge in [0.2, 0.25) is 0 Å². The van der Waals surface area contributed by atoms with Crippen LogP contribution in [0.3, 0.4) is 0 Å². The molecule has 0 saturated heterocycles. The van der Waals surface area contributed by atoms with Gasteiger partial charge in [0.05, 0.1) is 0 Å². The van der Waals surface area contributed by atoms with Crippen molar-refractivity contribution >= 4 is 0 Å². The second-order valence-corrected chi connectivity index (χ2v) is 3.47. The summed E-state index contributed by atoms with van der Waals surface area (Å²) in [5.41, 5.74) is 1.14. The van der Waals surface area contributed by atoms with E-state index in [4.69, 9.17) is 4.74 Å². The molecule has 0 aromatic heterocycles. The molecule has 1 aromatic carbocycles. The number of hydrogen-bond acceptors (Lipinski definition) is 2. The van der Waals surface area contributed by atoms with Crippen molar-refractivity contribution in [1.82, 2.24) is 0 Å². The number of phenols is 1. The lowest BCUT2D eigenvalue weighted by molar-refractivity contribution is 0.326. The number of fused-ring (bicyclic) bond motifs is 1. The SMILES string of the molecule is C=C1Oc2cc(O)ccc2CC1C. The smallest absolute Gasteiger partial charge is 0.133 e. The van der Waals surface area contributed by atoms with Crippen LogP contribution >= 0.6 is 0 Å². The summed E-state index contributed by atoms with van der Waals surface area (Å²) in [4.78, 5) is 0. The molecule has 1 aromatic rings. The van der Waals surface area contributed by atoms with E-state index in [1.807, 2.05) is 6.07 Å². The summed E-state index contributed by atoms with van der Waals surface area (Å²) in [7, 11) is 0. The predicted octanol–water partition coefficient (Wildman–Crippen LogP) is 2.48. The highest BCUT2D eigenvalue weighted by Crippen LogP contribution is 2.34. The average Bonchev–Trinajstić information content (AvgIpc) is 2.08. The normalized spacial score (nSPS) is 20.7. The summed E-state index contributed by atoms with van der Waals surface area (Å²) in [5, 5.41) is 9.23. The average molecular weight is 176 g/mol. The Hall–Kier alpha value is -1.44. The third-order valence-electron chi connectivity index (χ3n) is 2.37. The van der Waals surface area contributed by atoms with Crippen molar-refractivity contribution in [3.05, 3.63) is 36.1 Å². The molecule has 0 saturated carbocycles. The number of ether oxygens (including phenoxy) is 1. The first kappa shape index (κ1) is 8.17. The van der Waals surface area contributed by atoms with Gasteiger partial charge >= 0.3 is 0 Å². The molecule has 13 heavy (non-hydrogen) atoms. The first-order valence-electron chi connectivity index (χ1n) is 4.35. The Morgan fingerprint density at radius 1 is 1.54 bits per heavy atom. The van der Waals surface area contributed by atoms with E-state index in [2.05, 4.69) is 13.5 Å². The van der Waals surface area contributed by atoms with Crippen molar-refractivity contribution < 1.29 is 9.84 Å². The standard InChI is InChI=1S/C11H12O2/c1-7-5-9-3-4-10(12)6-11(9)13-8(7)2/h3-4,6-7,12H,2,5H2,1H3. The summed E-state index contributed by atoms with van der Waals surface area (Å²) in [6.07, 6.45) is 0.939. The van der Waals surface area contributed by atoms with Gasteiger partial charge in [-0.25, -0.2) is 0 Å². The Labute approximate surface area is 77.5 Å². The van der Waals surface area contributed by atoms with Gasteiger partial charge in [0, 0.05) is 12.0 Å². The minimum absolute atomic E-state index is 0.237. The van der Waals surface area contributed by atoms with E-state index in [1.54, 1.807) is 12.1 Å². The van der Waals surface area contributed by atoms with E-state index >= 15 is 0 Å². The van der Waals surface area contributed by atoms with Crippen LogP contribution in [0.25, 0.3) is 0 Å². The molecule has 1 unspecified atom stereocenters. The van der Waals surface area contributed by atoms with E-state index in [0.29, 0.717) is 5.92 Å². The first-order chi connectivity index (χ1) is 6.16. The molecule has 2 heteroatoms. The number of allylic oxidation sites excluding steroid dienone is 1. The maximum atomic E-state index is 9.23. The number of phenolic OH excluding ortho intramolecular Hbond substituents is 1. The van der Waals surface area contributed by atoms with Crippen LogP contribution in [0.15, 0.2) is 30.5 Å². The van der Waals surface area contributed by atoms with E-state index in [-0.39, 0.29) is 5.75 Å². The molecule has 1 aliphatic rings. The van der Waals surface area contributed by atoms with E-state index in [1.165, 1.54) is 0 Å². The Bertz CT molecular complexity index is 355. The van der Waals surface area contributed by atoms with Crippen molar-refractivity contribution in [3.8, 4) is 11.5 Å². The maximum absolute atomic E-state index is 9.23. The van der Waals surface area contributed by atoms with Gasteiger partial charge < -0.3 is 9.84 Å². The van der Waals surface area contributed by atoms with Gasteiger partial charge in [0.15, 0.2) is 0 Å². The molecule has 1 N–H and O–H groups in total. The van der Waals surface area contributed by atoms with E-state index < -0.39 is 0 Å². The molecule has 2 nitrogen and oxygen atoms in total. The zero-order valence-corrected chi connectivity index (χ0v) is 7.58. The van der Waals surface area contributed by atoms with Crippen molar-refractivity contribution in [2.75, 3.05) is 0 Å². The highest BCUT2D eigenvalue weighted by atomic mass is 16.5. The fraction of sp³-hybridized carbons (Fsp3) is 0.273. The number of benzene rings is 1. The van der Waals surface area contributed by atoms with Gasteiger partial charge in [-0.15, -0.1) is 0 Å². The third-order valence-corrected chi connectivity index (χ3v) is 2.37. The van der Waals surface area contributed by atoms with E-state index in [0.717, 1.165) is 23.5 Å². The molecule has 0 amide bonds. The summed E-state index contributed by atoms with van der Waals surface area (Å²) >= 11 is 0. The summed E-state index contributed by atoms with van der Waals surface area (Å²) in [5.74, 6) is 2.11. The summed E-state index contributed by atoms with van der Waals surface area (Å²) < 4.78 is 5.47. The topological polar surface area (TPSA) is 29.5 Å². The zero-order valence-electron chi connectivity index (χ0n) is 7.58. The van der Waals surface area contributed by atoms with Crippen molar-refractivity contribution in [1.29, 1.82) is 0 Å². The van der Waals surface area contributed by atoms with Crippen LogP contribution in [0.4, 0.5) is 0 Å². The molecule has 68 valence electrons. The van der Waals surface area contributed by atoms with Gasteiger partial charge in [-0.3, -0.25) is 0 Å². The minimum Gasteiger partial charge on any atom is -0.508 e. The first-order valence-corrected chi connectivity index (χ1v) is 4.35. The van der Waals surface area contributed by atoms with Gasteiger partial charge in [0.25, 0.3) is 0 Å². The summed E-state index contributed by atoms with van der Waals surface area (Å²) in [6, 6.07) is 5.21. The quantitative estimate of drug-likeness (QED) is 0.658. The Kier molecular flexibility index (Phi) is 1.76. The van der Waals surface area contributed by atoms with Gasteiger partial charge in [-0.2, -0.15) is 0 Å². The van der Waals surface area contributed by atoms with Gasteiger partial charge in [-0.1, -0.05) is 19.6 Å². The van der Waals surface area contributed by atoms with Crippen molar-refractivity contribution in [3.63, 3.8) is 0 Å². The monoisotopic (exact) mass is 176 g/mol. The molecular weight excluding hydrogens is 164 g/mol. The maximum Gasteiger partial charge on any atom is 0.133 e. The highest BCUT2D eigenvalue weighted by molar-refractivity contribution is 5.43. The number of rotatable bonds is 0.